The molecule has 1 aliphatic rings. The molecule has 0 spiro atoms. The van der Waals surface area contributed by atoms with Gasteiger partial charge in [0.1, 0.15) is 5.75 Å². The first kappa shape index (κ1) is 16.6. The maximum atomic E-state index is 12.4. The second-order valence-electron chi connectivity index (χ2n) is 6.05. The zero-order valence-electron chi connectivity index (χ0n) is 12.9. The van der Waals surface area contributed by atoms with Gasteiger partial charge < -0.3 is 14.7 Å². The summed E-state index contributed by atoms with van der Waals surface area (Å²) in [4.78, 5) is 25.2. The number of halogens is 1. The van der Waals surface area contributed by atoms with Crippen molar-refractivity contribution in [1.29, 1.82) is 0 Å². The fourth-order valence-corrected chi connectivity index (χ4v) is 2.64. The van der Waals surface area contributed by atoms with E-state index in [0.29, 0.717) is 23.7 Å². The third kappa shape index (κ3) is 3.35. The number of likely N-dealkylation sites (tertiary alicyclic amines) is 1. The Morgan fingerprint density at radius 3 is 2.68 bits per heavy atom. The van der Waals surface area contributed by atoms with E-state index < -0.39 is 17.5 Å². The Morgan fingerprint density at radius 1 is 1.45 bits per heavy atom. The Bertz CT molecular complexity index is 604. The molecule has 1 aromatic carbocycles. The minimum absolute atomic E-state index is 0.197. The van der Waals surface area contributed by atoms with Crippen LogP contribution in [-0.2, 0) is 9.59 Å². The highest BCUT2D eigenvalue weighted by atomic mass is 35.5. The molecule has 1 aromatic rings. The first-order valence-corrected chi connectivity index (χ1v) is 7.56. The molecule has 0 aromatic heterocycles. The summed E-state index contributed by atoms with van der Waals surface area (Å²) >= 11 is 5.96. The van der Waals surface area contributed by atoms with Gasteiger partial charge in [-0.3, -0.25) is 9.59 Å². The molecule has 0 radical (unpaired) electrons. The van der Waals surface area contributed by atoms with Gasteiger partial charge in [0, 0.05) is 18.1 Å². The Hall–Kier alpha value is -1.75. The highest BCUT2D eigenvalue weighted by Gasteiger charge is 2.43. The number of carboxylic acid groups (broad SMARTS) is 1. The number of carboxylic acids is 1. The molecule has 1 aliphatic heterocycles. The zero-order chi connectivity index (χ0) is 16.5. The van der Waals surface area contributed by atoms with E-state index >= 15 is 0 Å². The van der Waals surface area contributed by atoms with Gasteiger partial charge in [0.15, 0.2) is 6.10 Å². The van der Waals surface area contributed by atoms with Crippen molar-refractivity contribution in [2.45, 2.75) is 33.3 Å². The van der Waals surface area contributed by atoms with E-state index in [0.717, 1.165) is 5.56 Å². The summed E-state index contributed by atoms with van der Waals surface area (Å²) in [5.74, 6) is -0.495. The van der Waals surface area contributed by atoms with Gasteiger partial charge in [-0.1, -0.05) is 11.6 Å². The first-order valence-electron chi connectivity index (χ1n) is 7.18. The molecule has 1 saturated heterocycles. The molecular weight excluding hydrogens is 306 g/mol. The lowest BCUT2D eigenvalue weighted by molar-refractivity contribution is -0.147. The summed E-state index contributed by atoms with van der Waals surface area (Å²) in [7, 11) is 0. The molecule has 2 rings (SSSR count). The molecule has 120 valence electrons. The molecule has 0 bridgehead atoms. The number of carbonyl (C=O) groups excluding carboxylic acids is 1. The number of aliphatic carboxylic acids is 1. The molecule has 0 aliphatic carbocycles. The number of hydrogen-bond acceptors (Lipinski definition) is 3. The van der Waals surface area contributed by atoms with Crippen LogP contribution in [0.25, 0.3) is 0 Å². The number of aryl methyl sites for hydroxylation is 1. The number of carbonyl (C=O) groups is 2. The Kier molecular flexibility index (Phi) is 4.66. The van der Waals surface area contributed by atoms with Crippen LogP contribution < -0.4 is 4.74 Å². The highest BCUT2D eigenvalue weighted by Crippen LogP contribution is 2.31. The van der Waals surface area contributed by atoms with Crippen LogP contribution in [0.4, 0.5) is 0 Å². The van der Waals surface area contributed by atoms with E-state index in [1.165, 1.54) is 0 Å². The van der Waals surface area contributed by atoms with Crippen LogP contribution >= 0.6 is 11.6 Å². The van der Waals surface area contributed by atoms with Crippen LogP contribution in [-0.4, -0.2) is 41.1 Å². The summed E-state index contributed by atoms with van der Waals surface area (Å²) in [6, 6.07) is 5.21. The highest BCUT2D eigenvalue weighted by molar-refractivity contribution is 6.31. The molecule has 0 saturated carbocycles. The molecule has 6 heteroatoms. The van der Waals surface area contributed by atoms with Crippen LogP contribution in [0, 0.1) is 12.3 Å². The molecule has 2 atom stereocenters. The number of rotatable bonds is 4. The van der Waals surface area contributed by atoms with Crippen LogP contribution in [0.3, 0.4) is 0 Å². The molecule has 5 nitrogen and oxygen atoms in total. The fraction of sp³-hybridized carbons (Fsp3) is 0.500. The van der Waals surface area contributed by atoms with Gasteiger partial charge in [-0.25, -0.2) is 0 Å². The molecule has 1 N–H and O–H groups in total. The van der Waals surface area contributed by atoms with Gasteiger partial charge in [-0.15, -0.1) is 0 Å². The van der Waals surface area contributed by atoms with Crippen LogP contribution in [0.1, 0.15) is 25.8 Å². The van der Waals surface area contributed by atoms with Gasteiger partial charge in [-0.2, -0.15) is 0 Å². The first-order chi connectivity index (χ1) is 10.2. The molecule has 1 fully saturated rings. The van der Waals surface area contributed by atoms with Crippen molar-refractivity contribution in [2.75, 3.05) is 13.1 Å². The van der Waals surface area contributed by atoms with Crippen molar-refractivity contribution in [3.05, 3.63) is 28.8 Å². The smallest absolute Gasteiger partial charge is 0.311 e. The third-order valence-corrected chi connectivity index (χ3v) is 4.52. The number of nitrogens with zero attached hydrogens (tertiary/aromatic N) is 1. The van der Waals surface area contributed by atoms with Gasteiger partial charge in [0.05, 0.1) is 5.41 Å². The SMILES string of the molecule is Cc1cc(OC(C)C(=O)N2CCC(C)(C(=O)O)C2)ccc1Cl. The van der Waals surface area contributed by atoms with E-state index in [2.05, 4.69) is 0 Å². The zero-order valence-corrected chi connectivity index (χ0v) is 13.7. The lowest BCUT2D eigenvalue weighted by atomic mass is 9.90. The minimum Gasteiger partial charge on any atom is -0.481 e. The standard InChI is InChI=1S/C16H20ClNO4/c1-10-8-12(4-5-13(10)17)22-11(2)14(19)18-7-6-16(3,9-18)15(20)21/h4-5,8,11H,6-7,9H2,1-3H3,(H,20,21). The van der Waals surface area contributed by atoms with Crippen LogP contribution in [0.5, 0.6) is 5.75 Å². The Balaban J connectivity index is 2.01. The number of benzene rings is 1. The number of hydrogen-bond donors (Lipinski definition) is 1. The maximum absolute atomic E-state index is 12.4. The number of ether oxygens (including phenoxy) is 1. The normalized spacial score (nSPS) is 22.5. The van der Waals surface area contributed by atoms with Crippen molar-refractivity contribution in [3.8, 4) is 5.75 Å². The van der Waals surface area contributed by atoms with Crippen molar-refractivity contribution < 1.29 is 19.4 Å². The summed E-state index contributed by atoms with van der Waals surface area (Å²) in [5.41, 5.74) is 0.00475. The van der Waals surface area contributed by atoms with Crippen molar-refractivity contribution in [2.24, 2.45) is 5.41 Å². The van der Waals surface area contributed by atoms with Gasteiger partial charge in [0.25, 0.3) is 5.91 Å². The van der Waals surface area contributed by atoms with E-state index in [4.69, 9.17) is 16.3 Å². The van der Waals surface area contributed by atoms with E-state index in [9.17, 15) is 14.7 Å². The second kappa shape index (κ2) is 6.16. The van der Waals surface area contributed by atoms with E-state index in [1.807, 2.05) is 6.92 Å². The molecule has 1 amide bonds. The topological polar surface area (TPSA) is 66.8 Å². The largest absolute Gasteiger partial charge is 0.481 e. The van der Waals surface area contributed by atoms with E-state index in [1.54, 1.807) is 36.9 Å². The lowest BCUT2D eigenvalue weighted by Gasteiger charge is -2.23. The summed E-state index contributed by atoms with van der Waals surface area (Å²) < 4.78 is 5.66. The summed E-state index contributed by atoms with van der Waals surface area (Å²) in [5, 5.41) is 9.86. The van der Waals surface area contributed by atoms with Crippen molar-refractivity contribution >= 4 is 23.5 Å². The average Bonchev–Trinajstić information content (AvgIpc) is 2.86. The molecule has 2 unspecified atom stereocenters. The molecule has 1 heterocycles. The fourth-order valence-electron chi connectivity index (χ4n) is 2.53. The van der Waals surface area contributed by atoms with Gasteiger partial charge in [-0.05, 0) is 51.0 Å². The Labute approximate surface area is 134 Å². The minimum atomic E-state index is -0.871. The maximum Gasteiger partial charge on any atom is 0.311 e. The summed E-state index contributed by atoms with van der Waals surface area (Å²) in [6.45, 7) is 5.85. The molecule has 22 heavy (non-hydrogen) atoms. The van der Waals surface area contributed by atoms with Crippen LogP contribution in [0.2, 0.25) is 5.02 Å². The van der Waals surface area contributed by atoms with Crippen molar-refractivity contribution in [3.63, 3.8) is 0 Å². The van der Waals surface area contributed by atoms with Gasteiger partial charge >= 0.3 is 5.97 Å². The predicted octanol–water partition coefficient (Wildman–Crippen LogP) is 2.74. The molecular formula is C16H20ClNO4. The average molecular weight is 326 g/mol. The van der Waals surface area contributed by atoms with Gasteiger partial charge in [0.2, 0.25) is 0 Å². The van der Waals surface area contributed by atoms with Crippen LogP contribution in [0.15, 0.2) is 18.2 Å². The monoisotopic (exact) mass is 325 g/mol. The predicted molar refractivity (Wildman–Crippen MR) is 83.2 cm³/mol. The Morgan fingerprint density at radius 2 is 2.14 bits per heavy atom. The number of amides is 1. The lowest BCUT2D eigenvalue weighted by Crippen LogP contribution is -2.41. The third-order valence-electron chi connectivity index (χ3n) is 4.09. The summed E-state index contributed by atoms with van der Waals surface area (Å²) in [6.07, 6.45) is -0.211. The second-order valence-corrected chi connectivity index (χ2v) is 6.45. The van der Waals surface area contributed by atoms with E-state index in [-0.39, 0.29) is 12.5 Å². The quantitative estimate of drug-likeness (QED) is 0.924. The van der Waals surface area contributed by atoms with Crippen molar-refractivity contribution in [1.82, 2.24) is 4.90 Å².